The molecule has 0 saturated heterocycles. The second-order valence-electron chi connectivity index (χ2n) is 6.17. The molecule has 3 aromatic heterocycles. The lowest BCUT2D eigenvalue weighted by molar-refractivity contribution is -0.145. The number of pyridine rings is 1. The molecule has 8 nitrogen and oxygen atoms in total. The minimum Gasteiger partial charge on any atom is -0.309 e. The van der Waals surface area contributed by atoms with Crippen LogP contribution in [0.2, 0.25) is 0 Å². The van der Waals surface area contributed by atoms with Crippen LogP contribution in [0.5, 0.6) is 0 Å². The average molecular weight is 466 g/mol. The fourth-order valence-electron chi connectivity index (χ4n) is 2.54. The standard InChI is InChI=1S/C16H12F6N6O2S/c1-3-31(29,30)10-4-9(15(17,18)19)7-23-11(10)13-27-26-12(28(13)2)8-5-24-14(25-6-8)16(20,21)22/h4-7H,3H2,1-2H3. The third-order valence-electron chi connectivity index (χ3n) is 4.15. The second kappa shape index (κ2) is 7.55. The lowest BCUT2D eigenvalue weighted by Crippen LogP contribution is -2.13. The van der Waals surface area contributed by atoms with Crippen LogP contribution < -0.4 is 0 Å². The first-order chi connectivity index (χ1) is 14.3. The number of hydrogen-bond acceptors (Lipinski definition) is 7. The lowest BCUT2D eigenvalue weighted by Gasteiger charge is -2.12. The molecule has 0 aromatic carbocycles. The van der Waals surface area contributed by atoms with E-state index in [9.17, 15) is 34.8 Å². The molecule has 0 amide bonds. The van der Waals surface area contributed by atoms with E-state index in [4.69, 9.17) is 0 Å². The van der Waals surface area contributed by atoms with Crippen LogP contribution in [-0.2, 0) is 29.2 Å². The number of halogens is 6. The molecule has 0 radical (unpaired) electrons. The van der Waals surface area contributed by atoms with Gasteiger partial charge in [0.25, 0.3) is 0 Å². The molecule has 0 aliphatic carbocycles. The van der Waals surface area contributed by atoms with Crippen LogP contribution in [0, 0.1) is 0 Å². The highest BCUT2D eigenvalue weighted by atomic mass is 32.2. The fourth-order valence-corrected chi connectivity index (χ4v) is 3.59. The van der Waals surface area contributed by atoms with Gasteiger partial charge >= 0.3 is 12.4 Å². The van der Waals surface area contributed by atoms with Crippen molar-refractivity contribution in [3.63, 3.8) is 0 Å². The minimum atomic E-state index is -4.83. The molecule has 0 unspecified atom stereocenters. The molecule has 0 saturated carbocycles. The highest BCUT2D eigenvalue weighted by Gasteiger charge is 2.35. The van der Waals surface area contributed by atoms with Gasteiger partial charge in [0.1, 0.15) is 5.69 Å². The summed E-state index contributed by atoms with van der Waals surface area (Å²) in [5.74, 6) is -2.14. The molecule has 0 aliphatic rings. The summed E-state index contributed by atoms with van der Waals surface area (Å²) >= 11 is 0. The van der Waals surface area contributed by atoms with E-state index in [0.29, 0.717) is 12.3 Å². The van der Waals surface area contributed by atoms with Crippen molar-refractivity contribution in [1.29, 1.82) is 0 Å². The van der Waals surface area contributed by atoms with Crippen LogP contribution >= 0.6 is 0 Å². The van der Waals surface area contributed by atoms with E-state index in [1.54, 1.807) is 0 Å². The van der Waals surface area contributed by atoms with Gasteiger partial charge < -0.3 is 4.57 Å². The largest absolute Gasteiger partial charge is 0.451 e. The fraction of sp³-hybridized carbons (Fsp3) is 0.312. The molecule has 0 bridgehead atoms. The maximum atomic E-state index is 13.1. The monoisotopic (exact) mass is 466 g/mol. The van der Waals surface area contributed by atoms with Crippen molar-refractivity contribution < 1.29 is 34.8 Å². The van der Waals surface area contributed by atoms with Crippen molar-refractivity contribution in [3.05, 3.63) is 36.0 Å². The molecule has 0 atom stereocenters. The van der Waals surface area contributed by atoms with E-state index in [1.165, 1.54) is 14.0 Å². The number of sulfone groups is 1. The second-order valence-corrected chi connectivity index (χ2v) is 8.42. The zero-order chi connectivity index (χ0) is 23.2. The summed E-state index contributed by atoms with van der Waals surface area (Å²) in [7, 11) is -2.81. The van der Waals surface area contributed by atoms with E-state index < -0.39 is 44.2 Å². The Labute approximate surface area is 170 Å². The Bertz CT molecular complexity index is 1220. The van der Waals surface area contributed by atoms with Gasteiger partial charge in [0.15, 0.2) is 21.5 Å². The Balaban J connectivity index is 2.14. The molecule has 0 spiro atoms. The van der Waals surface area contributed by atoms with Gasteiger partial charge in [-0.05, 0) is 6.07 Å². The van der Waals surface area contributed by atoms with Crippen molar-refractivity contribution in [2.24, 2.45) is 7.05 Å². The molecule has 3 heterocycles. The predicted octanol–water partition coefficient (Wildman–Crippen LogP) is 3.17. The smallest absolute Gasteiger partial charge is 0.309 e. The third kappa shape index (κ3) is 4.35. The summed E-state index contributed by atoms with van der Waals surface area (Å²) < 4.78 is 103. The van der Waals surface area contributed by atoms with Crippen LogP contribution in [0.25, 0.3) is 22.9 Å². The number of rotatable bonds is 4. The summed E-state index contributed by atoms with van der Waals surface area (Å²) in [6.07, 6.45) is -7.44. The molecule has 0 N–H and O–H groups in total. The number of hydrogen-bond donors (Lipinski definition) is 0. The topological polar surface area (TPSA) is 104 Å². The maximum Gasteiger partial charge on any atom is 0.451 e. The SMILES string of the molecule is CCS(=O)(=O)c1cc(C(F)(F)F)cnc1-c1nnc(-c2cnc(C(F)(F)F)nc2)n1C. The van der Waals surface area contributed by atoms with Crippen LogP contribution in [0.4, 0.5) is 26.3 Å². The quantitative estimate of drug-likeness (QED) is 0.544. The Morgan fingerprint density at radius 2 is 1.48 bits per heavy atom. The Hall–Kier alpha value is -3.10. The molecular formula is C16H12F6N6O2S. The van der Waals surface area contributed by atoms with E-state index >= 15 is 0 Å². The van der Waals surface area contributed by atoms with Gasteiger partial charge in [-0.15, -0.1) is 10.2 Å². The van der Waals surface area contributed by atoms with Crippen molar-refractivity contribution >= 4 is 9.84 Å². The first-order valence-electron chi connectivity index (χ1n) is 8.35. The van der Waals surface area contributed by atoms with E-state index in [0.717, 1.165) is 17.0 Å². The number of nitrogens with zero attached hydrogens (tertiary/aromatic N) is 6. The van der Waals surface area contributed by atoms with Gasteiger partial charge in [-0.2, -0.15) is 26.3 Å². The Kier molecular flexibility index (Phi) is 5.50. The minimum absolute atomic E-state index is 0.0149. The van der Waals surface area contributed by atoms with E-state index in [-0.39, 0.29) is 22.9 Å². The van der Waals surface area contributed by atoms with Gasteiger partial charge in [0.2, 0.25) is 5.82 Å². The van der Waals surface area contributed by atoms with Crippen LogP contribution in [0.1, 0.15) is 18.3 Å². The number of aromatic nitrogens is 6. The summed E-state index contributed by atoms with van der Waals surface area (Å²) in [6, 6.07) is 0.455. The molecule has 15 heteroatoms. The third-order valence-corrected chi connectivity index (χ3v) is 5.89. The molecule has 31 heavy (non-hydrogen) atoms. The molecule has 0 fully saturated rings. The summed E-state index contributed by atoms with van der Waals surface area (Å²) in [5, 5.41) is 7.53. The first-order valence-corrected chi connectivity index (χ1v) is 10.00. The number of alkyl halides is 6. The summed E-state index contributed by atoms with van der Waals surface area (Å²) in [6.45, 7) is 1.25. The zero-order valence-electron chi connectivity index (χ0n) is 15.7. The van der Waals surface area contributed by atoms with Gasteiger partial charge in [-0.3, -0.25) is 4.98 Å². The summed E-state index contributed by atoms with van der Waals surface area (Å²) in [5.41, 5.74) is -1.63. The highest BCUT2D eigenvalue weighted by molar-refractivity contribution is 7.91. The summed E-state index contributed by atoms with van der Waals surface area (Å²) in [4.78, 5) is 9.35. The van der Waals surface area contributed by atoms with Crippen molar-refractivity contribution in [3.8, 4) is 22.9 Å². The lowest BCUT2D eigenvalue weighted by atomic mass is 10.2. The normalized spacial score (nSPS) is 12.9. The first kappa shape index (κ1) is 22.6. The van der Waals surface area contributed by atoms with E-state index in [2.05, 4.69) is 25.1 Å². The zero-order valence-corrected chi connectivity index (χ0v) is 16.5. The van der Waals surface area contributed by atoms with Crippen LogP contribution in [-0.4, -0.2) is 43.9 Å². The highest BCUT2D eigenvalue weighted by Crippen LogP contribution is 2.34. The molecular weight excluding hydrogens is 454 g/mol. The molecule has 0 aliphatic heterocycles. The van der Waals surface area contributed by atoms with Gasteiger partial charge in [0, 0.05) is 25.6 Å². The van der Waals surface area contributed by atoms with Crippen molar-refractivity contribution in [2.75, 3.05) is 5.75 Å². The predicted molar refractivity (Wildman–Crippen MR) is 93.0 cm³/mol. The van der Waals surface area contributed by atoms with Crippen molar-refractivity contribution in [2.45, 2.75) is 24.2 Å². The van der Waals surface area contributed by atoms with Crippen molar-refractivity contribution in [1.82, 2.24) is 29.7 Å². The Morgan fingerprint density at radius 1 is 0.903 bits per heavy atom. The molecule has 3 aromatic rings. The van der Waals surface area contributed by atoms with Gasteiger partial charge in [-0.25, -0.2) is 18.4 Å². The maximum absolute atomic E-state index is 13.1. The Morgan fingerprint density at radius 3 is 2.00 bits per heavy atom. The van der Waals surface area contributed by atoms with Crippen LogP contribution in [0.15, 0.2) is 29.6 Å². The van der Waals surface area contributed by atoms with Crippen LogP contribution in [0.3, 0.4) is 0 Å². The van der Waals surface area contributed by atoms with E-state index in [1.807, 2.05) is 0 Å². The van der Waals surface area contributed by atoms with Gasteiger partial charge in [-0.1, -0.05) is 6.92 Å². The van der Waals surface area contributed by atoms with Gasteiger partial charge in [0.05, 0.1) is 21.8 Å². The molecule has 166 valence electrons. The molecule has 3 rings (SSSR count). The average Bonchev–Trinajstić information content (AvgIpc) is 3.07.